The van der Waals surface area contributed by atoms with Crippen molar-refractivity contribution in [3.8, 4) is 0 Å². The molecule has 2 fully saturated rings. The van der Waals surface area contributed by atoms with Crippen LogP contribution in [0.25, 0.3) is 0 Å². The zero-order chi connectivity index (χ0) is 15.7. The summed E-state index contributed by atoms with van der Waals surface area (Å²) in [4.78, 5) is 12.8. The van der Waals surface area contributed by atoms with E-state index in [2.05, 4.69) is 38.3 Å². The first-order valence-electron chi connectivity index (χ1n) is 8.25. The van der Waals surface area contributed by atoms with Crippen molar-refractivity contribution in [2.24, 2.45) is 10.8 Å². The fourth-order valence-electron chi connectivity index (χ4n) is 4.62. The predicted molar refractivity (Wildman–Crippen MR) is 85.2 cm³/mol. The molecule has 0 bridgehead atoms. The summed E-state index contributed by atoms with van der Waals surface area (Å²) in [6.45, 7) is 10.9. The summed E-state index contributed by atoms with van der Waals surface area (Å²) >= 11 is 0. The van der Waals surface area contributed by atoms with Gasteiger partial charge in [0.25, 0.3) is 5.91 Å². The van der Waals surface area contributed by atoms with Crippen LogP contribution in [0.4, 0.5) is 0 Å². The second-order valence-corrected chi connectivity index (χ2v) is 8.53. The van der Waals surface area contributed by atoms with E-state index in [1.54, 1.807) is 7.11 Å². The van der Waals surface area contributed by atoms with Crippen molar-refractivity contribution in [3.05, 3.63) is 0 Å². The van der Waals surface area contributed by atoms with Gasteiger partial charge in [0.2, 0.25) is 0 Å². The Morgan fingerprint density at radius 2 is 1.62 bits per heavy atom. The fourth-order valence-corrected chi connectivity index (χ4v) is 4.62. The lowest BCUT2D eigenvalue weighted by atomic mass is 9.63. The third-order valence-electron chi connectivity index (χ3n) is 5.11. The molecule has 0 radical (unpaired) electrons. The Labute approximate surface area is 129 Å². The van der Waals surface area contributed by atoms with E-state index in [4.69, 9.17) is 4.74 Å². The van der Waals surface area contributed by atoms with Gasteiger partial charge in [-0.3, -0.25) is 4.79 Å². The Balaban J connectivity index is 2.04. The Morgan fingerprint density at radius 3 is 2.10 bits per heavy atom. The molecule has 0 atom stereocenters. The Hall–Kier alpha value is -0.610. The number of carbonyl (C=O) groups excluding carboxylic acids is 1. The number of hydrogen-bond acceptors (Lipinski definition) is 3. The van der Waals surface area contributed by atoms with Gasteiger partial charge in [0.15, 0.2) is 0 Å². The van der Waals surface area contributed by atoms with E-state index in [9.17, 15) is 4.79 Å². The lowest BCUT2D eigenvalue weighted by Crippen LogP contribution is -2.57. The topological polar surface area (TPSA) is 50.4 Å². The summed E-state index contributed by atoms with van der Waals surface area (Å²) in [6, 6.07) is 0.262. The Bertz CT molecular complexity index is 368. The zero-order valence-electron chi connectivity index (χ0n) is 14.3. The summed E-state index contributed by atoms with van der Waals surface area (Å²) in [5.41, 5.74) is -0.0565. The first kappa shape index (κ1) is 16.8. The van der Waals surface area contributed by atoms with Crippen LogP contribution >= 0.6 is 0 Å². The van der Waals surface area contributed by atoms with Gasteiger partial charge in [0.05, 0.1) is 0 Å². The molecule has 4 heteroatoms. The minimum atomic E-state index is -0.628. The first-order chi connectivity index (χ1) is 9.68. The van der Waals surface area contributed by atoms with Crippen molar-refractivity contribution in [1.82, 2.24) is 10.6 Å². The molecular weight excluding hydrogens is 264 g/mol. The van der Waals surface area contributed by atoms with Crippen LogP contribution in [0.1, 0.15) is 59.8 Å². The van der Waals surface area contributed by atoms with Crippen LogP contribution in [0.3, 0.4) is 0 Å². The molecule has 0 aromatic heterocycles. The highest BCUT2D eigenvalue weighted by Crippen LogP contribution is 2.45. The van der Waals surface area contributed by atoms with Gasteiger partial charge in [-0.2, -0.15) is 0 Å². The molecule has 0 aromatic carbocycles. The van der Waals surface area contributed by atoms with E-state index in [1.165, 1.54) is 6.42 Å². The van der Waals surface area contributed by atoms with Crippen molar-refractivity contribution >= 4 is 5.91 Å². The number of hydrogen-bond donors (Lipinski definition) is 2. The van der Waals surface area contributed by atoms with Gasteiger partial charge >= 0.3 is 0 Å². The van der Waals surface area contributed by atoms with Gasteiger partial charge in [-0.1, -0.05) is 27.7 Å². The lowest BCUT2D eigenvalue weighted by molar-refractivity contribution is -0.148. The normalized spacial score (nSPS) is 28.0. The summed E-state index contributed by atoms with van der Waals surface area (Å²) < 4.78 is 5.63. The summed E-state index contributed by atoms with van der Waals surface area (Å²) in [7, 11) is 1.67. The van der Waals surface area contributed by atoms with Crippen LogP contribution < -0.4 is 10.6 Å². The van der Waals surface area contributed by atoms with E-state index in [1.807, 2.05) is 0 Å². The molecule has 2 N–H and O–H groups in total. The maximum absolute atomic E-state index is 12.8. The average molecular weight is 296 g/mol. The molecule has 0 spiro atoms. The molecule has 1 amide bonds. The van der Waals surface area contributed by atoms with Gasteiger partial charge in [-0.05, 0) is 56.0 Å². The molecule has 0 unspecified atom stereocenters. The second-order valence-electron chi connectivity index (χ2n) is 8.53. The van der Waals surface area contributed by atoms with Gasteiger partial charge in [0.1, 0.15) is 5.60 Å². The highest BCUT2D eigenvalue weighted by molar-refractivity contribution is 5.85. The molecule has 1 heterocycles. The van der Waals surface area contributed by atoms with E-state index in [-0.39, 0.29) is 22.8 Å². The number of ether oxygens (including phenoxy) is 1. The molecule has 122 valence electrons. The number of methoxy groups -OCH3 is 1. The van der Waals surface area contributed by atoms with Crippen molar-refractivity contribution in [3.63, 3.8) is 0 Å². The van der Waals surface area contributed by atoms with E-state index < -0.39 is 5.60 Å². The molecule has 1 aliphatic heterocycles. The van der Waals surface area contributed by atoms with E-state index >= 15 is 0 Å². The maximum Gasteiger partial charge on any atom is 0.252 e. The number of piperidine rings is 1. The van der Waals surface area contributed by atoms with Gasteiger partial charge in [-0.25, -0.2) is 0 Å². The molecule has 1 saturated carbocycles. The average Bonchev–Trinajstić information content (AvgIpc) is 2.35. The molecule has 1 aliphatic carbocycles. The minimum absolute atomic E-state index is 0.0880. The molecular formula is C17H32N2O2. The van der Waals surface area contributed by atoms with Crippen LogP contribution in [0.5, 0.6) is 0 Å². The number of amides is 1. The standard InChI is InChI=1S/C17H32N2O2/c1-15(2)10-13(11-16(3,4)12-15)19-14(20)17(21-5)6-8-18-9-7-17/h13,18H,6-12H2,1-5H3,(H,19,20). The van der Waals surface area contributed by atoms with Gasteiger partial charge in [0, 0.05) is 13.2 Å². The molecule has 0 aromatic rings. The third-order valence-corrected chi connectivity index (χ3v) is 5.11. The second kappa shape index (κ2) is 5.88. The van der Waals surface area contributed by atoms with Crippen LogP contribution in [-0.4, -0.2) is 37.7 Å². The van der Waals surface area contributed by atoms with Crippen LogP contribution in [0.15, 0.2) is 0 Å². The highest BCUT2D eigenvalue weighted by Gasteiger charge is 2.43. The molecule has 1 saturated heterocycles. The van der Waals surface area contributed by atoms with E-state index in [0.29, 0.717) is 0 Å². The fraction of sp³-hybridized carbons (Fsp3) is 0.941. The minimum Gasteiger partial charge on any atom is -0.368 e. The van der Waals surface area contributed by atoms with Crippen molar-refractivity contribution in [2.75, 3.05) is 20.2 Å². The first-order valence-corrected chi connectivity index (χ1v) is 8.25. The Kier molecular flexibility index (Phi) is 4.69. The summed E-state index contributed by atoms with van der Waals surface area (Å²) in [6.07, 6.45) is 4.84. The smallest absolute Gasteiger partial charge is 0.252 e. The molecule has 2 aliphatic rings. The number of rotatable bonds is 3. The zero-order valence-corrected chi connectivity index (χ0v) is 14.3. The van der Waals surface area contributed by atoms with E-state index in [0.717, 1.165) is 38.8 Å². The monoisotopic (exact) mass is 296 g/mol. The van der Waals surface area contributed by atoms with Crippen LogP contribution in [0, 0.1) is 10.8 Å². The van der Waals surface area contributed by atoms with Crippen molar-refractivity contribution < 1.29 is 9.53 Å². The highest BCUT2D eigenvalue weighted by atomic mass is 16.5. The van der Waals surface area contributed by atoms with Crippen molar-refractivity contribution in [2.45, 2.75) is 71.4 Å². The summed E-state index contributed by atoms with van der Waals surface area (Å²) in [5.74, 6) is 0.0880. The largest absolute Gasteiger partial charge is 0.368 e. The Morgan fingerprint density at radius 1 is 1.10 bits per heavy atom. The lowest BCUT2D eigenvalue weighted by Gasteiger charge is -2.46. The summed E-state index contributed by atoms with van der Waals surface area (Å²) in [5, 5.41) is 6.60. The van der Waals surface area contributed by atoms with Crippen LogP contribution in [0.2, 0.25) is 0 Å². The molecule has 21 heavy (non-hydrogen) atoms. The molecule has 4 nitrogen and oxygen atoms in total. The maximum atomic E-state index is 12.8. The number of nitrogens with one attached hydrogen (secondary N) is 2. The molecule has 2 rings (SSSR count). The van der Waals surface area contributed by atoms with Gasteiger partial charge < -0.3 is 15.4 Å². The quantitative estimate of drug-likeness (QED) is 0.841. The predicted octanol–water partition coefficient (Wildman–Crippen LogP) is 2.48. The third kappa shape index (κ3) is 3.98. The van der Waals surface area contributed by atoms with Gasteiger partial charge in [-0.15, -0.1) is 0 Å². The van der Waals surface area contributed by atoms with Crippen LogP contribution in [-0.2, 0) is 9.53 Å². The number of carbonyl (C=O) groups is 1. The SMILES string of the molecule is COC1(C(=O)NC2CC(C)(C)CC(C)(C)C2)CCNCC1. The van der Waals surface area contributed by atoms with Crippen molar-refractivity contribution in [1.29, 1.82) is 0 Å².